The van der Waals surface area contributed by atoms with Crippen molar-refractivity contribution in [2.45, 2.75) is 57.0 Å². The molecule has 2 aliphatic carbocycles. The number of anilines is 1. The standard InChI is InChI=1S/C23H25N3O3/c27-20(28)13-23(19-10-2-1-3-11-24-19)14-25-22(29-23)26-21-17-8-4-6-15(17)12-16-7-5-9-18(16)21/h1-2,10-12H,3-9,13-14H2,(H,25,26)(H,27,28). The van der Waals surface area contributed by atoms with Gasteiger partial charge in [-0.05, 0) is 66.9 Å². The van der Waals surface area contributed by atoms with Gasteiger partial charge in [0.1, 0.15) is 0 Å². The number of hydrogen-bond donors (Lipinski definition) is 2. The zero-order valence-electron chi connectivity index (χ0n) is 16.4. The van der Waals surface area contributed by atoms with Gasteiger partial charge in [0.25, 0.3) is 6.02 Å². The second-order valence-electron chi connectivity index (χ2n) is 8.17. The third-order valence-electron chi connectivity index (χ3n) is 6.24. The number of rotatable bonds is 4. The summed E-state index contributed by atoms with van der Waals surface area (Å²) in [4.78, 5) is 20.7. The lowest BCUT2D eigenvalue weighted by atomic mass is 9.95. The molecule has 1 aromatic carbocycles. The Balaban J connectivity index is 1.45. The number of aryl methyl sites for hydroxylation is 2. The van der Waals surface area contributed by atoms with Gasteiger partial charge in [0, 0.05) is 18.3 Å². The monoisotopic (exact) mass is 391 g/mol. The van der Waals surface area contributed by atoms with Gasteiger partial charge in [-0.3, -0.25) is 9.79 Å². The van der Waals surface area contributed by atoms with Crippen molar-refractivity contribution in [3.8, 4) is 0 Å². The molecule has 1 unspecified atom stereocenters. The quantitative estimate of drug-likeness (QED) is 0.822. The number of nitrogens with zero attached hydrogens (tertiary/aromatic N) is 2. The van der Waals surface area contributed by atoms with E-state index in [0.717, 1.165) is 37.8 Å². The molecule has 2 heterocycles. The Morgan fingerprint density at radius 2 is 1.93 bits per heavy atom. The van der Waals surface area contributed by atoms with Crippen LogP contribution in [0.25, 0.3) is 0 Å². The minimum atomic E-state index is -1.07. The van der Waals surface area contributed by atoms with Crippen LogP contribution in [0.2, 0.25) is 0 Å². The Morgan fingerprint density at radius 1 is 1.17 bits per heavy atom. The summed E-state index contributed by atoms with van der Waals surface area (Å²) in [7, 11) is 0. The Hall–Kier alpha value is -2.89. The van der Waals surface area contributed by atoms with Crippen LogP contribution in [0, 0.1) is 0 Å². The predicted molar refractivity (Wildman–Crippen MR) is 113 cm³/mol. The fourth-order valence-corrected chi connectivity index (χ4v) is 4.91. The van der Waals surface area contributed by atoms with Gasteiger partial charge in [-0.1, -0.05) is 18.2 Å². The van der Waals surface area contributed by atoms with E-state index < -0.39 is 11.6 Å². The highest BCUT2D eigenvalue weighted by Crippen LogP contribution is 2.40. The highest BCUT2D eigenvalue weighted by Gasteiger charge is 2.44. The van der Waals surface area contributed by atoms with Crippen LogP contribution in [0.1, 0.15) is 47.9 Å². The number of aliphatic imine (C=N–C) groups is 2. The summed E-state index contributed by atoms with van der Waals surface area (Å²) in [5.74, 6) is -0.924. The molecule has 0 fully saturated rings. The first kappa shape index (κ1) is 18.2. The van der Waals surface area contributed by atoms with E-state index in [1.165, 1.54) is 35.1 Å². The normalized spacial score (nSPS) is 24.4. The first-order chi connectivity index (χ1) is 14.1. The predicted octanol–water partition coefficient (Wildman–Crippen LogP) is 3.59. The van der Waals surface area contributed by atoms with Crippen molar-refractivity contribution in [1.82, 2.24) is 0 Å². The van der Waals surface area contributed by atoms with Crippen molar-refractivity contribution in [2.24, 2.45) is 9.98 Å². The lowest BCUT2D eigenvalue weighted by molar-refractivity contribution is -0.140. The van der Waals surface area contributed by atoms with E-state index in [0.29, 0.717) is 11.7 Å². The van der Waals surface area contributed by atoms with E-state index in [1.54, 1.807) is 6.21 Å². The first-order valence-electron chi connectivity index (χ1n) is 10.4. The van der Waals surface area contributed by atoms with Crippen molar-refractivity contribution in [2.75, 3.05) is 11.9 Å². The van der Waals surface area contributed by atoms with Crippen LogP contribution < -0.4 is 5.32 Å². The fraction of sp³-hybridized carbons (Fsp3) is 0.435. The Bertz CT molecular complexity index is 957. The molecule has 1 aromatic rings. The fourth-order valence-electron chi connectivity index (χ4n) is 4.91. The number of benzene rings is 1. The molecule has 0 bridgehead atoms. The van der Waals surface area contributed by atoms with Crippen LogP contribution in [0.3, 0.4) is 0 Å². The highest BCUT2D eigenvalue weighted by molar-refractivity contribution is 5.94. The van der Waals surface area contributed by atoms with Crippen LogP contribution in [0.5, 0.6) is 0 Å². The van der Waals surface area contributed by atoms with Crippen LogP contribution in [0.15, 0.2) is 40.0 Å². The summed E-state index contributed by atoms with van der Waals surface area (Å²) in [5.41, 5.74) is 6.31. The minimum Gasteiger partial charge on any atom is -0.481 e. The molecule has 6 nitrogen and oxygen atoms in total. The SMILES string of the molecule is O=C(O)CC1(C2=CC=CCC=N2)CN=C(Nc2c3c(cc4c2CCC4)CCC3)O1. The number of amidine groups is 1. The van der Waals surface area contributed by atoms with E-state index in [9.17, 15) is 9.90 Å². The molecule has 0 saturated carbocycles. The second kappa shape index (κ2) is 7.17. The molecule has 0 amide bonds. The van der Waals surface area contributed by atoms with Crippen molar-refractivity contribution >= 4 is 23.9 Å². The van der Waals surface area contributed by atoms with Gasteiger partial charge >= 0.3 is 5.97 Å². The Kier molecular flexibility index (Phi) is 4.49. The van der Waals surface area contributed by atoms with Crippen molar-refractivity contribution < 1.29 is 14.6 Å². The summed E-state index contributed by atoms with van der Waals surface area (Å²) in [6.45, 7) is 0.246. The molecule has 6 heteroatoms. The van der Waals surface area contributed by atoms with Crippen LogP contribution in [-0.2, 0) is 35.2 Å². The van der Waals surface area contributed by atoms with Crippen LogP contribution in [-0.4, -0.2) is 35.5 Å². The lowest BCUT2D eigenvalue weighted by Gasteiger charge is -2.27. The number of allylic oxidation sites excluding steroid dienone is 3. The zero-order chi connectivity index (χ0) is 19.8. The number of carbonyl (C=O) groups is 1. The smallest absolute Gasteiger partial charge is 0.307 e. The number of nitrogens with one attached hydrogen (secondary N) is 1. The third kappa shape index (κ3) is 3.26. The van der Waals surface area contributed by atoms with E-state index >= 15 is 0 Å². The lowest BCUT2D eigenvalue weighted by Crippen LogP contribution is -2.39. The van der Waals surface area contributed by atoms with E-state index in [1.807, 2.05) is 18.2 Å². The van der Waals surface area contributed by atoms with E-state index in [2.05, 4.69) is 21.4 Å². The maximum absolute atomic E-state index is 11.6. The average molecular weight is 391 g/mol. The molecular weight excluding hydrogens is 366 g/mol. The van der Waals surface area contributed by atoms with Crippen molar-refractivity contribution in [3.05, 3.63) is 52.2 Å². The average Bonchev–Trinajstić information content (AvgIpc) is 3.38. The molecule has 2 N–H and O–H groups in total. The largest absolute Gasteiger partial charge is 0.481 e. The van der Waals surface area contributed by atoms with Gasteiger partial charge in [0.05, 0.1) is 18.7 Å². The number of ether oxygens (including phenoxy) is 1. The molecule has 4 aliphatic rings. The molecule has 150 valence electrons. The summed E-state index contributed by atoms with van der Waals surface area (Å²) >= 11 is 0. The van der Waals surface area contributed by atoms with Crippen LogP contribution >= 0.6 is 0 Å². The Morgan fingerprint density at radius 3 is 2.66 bits per heavy atom. The number of fused-ring (bicyclic) bond motifs is 2. The number of carboxylic acids is 1. The molecule has 1 atom stereocenters. The van der Waals surface area contributed by atoms with E-state index in [-0.39, 0.29) is 13.0 Å². The van der Waals surface area contributed by atoms with Crippen molar-refractivity contribution in [1.29, 1.82) is 0 Å². The zero-order valence-corrected chi connectivity index (χ0v) is 16.4. The maximum atomic E-state index is 11.6. The summed E-state index contributed by atoms with van der Waals surface area (Å²) in [6, 6.07) is 2.80. The van der Waals surface area contributed by atoms with Gasteiger partial charge in [-0.2, -0.15) is 0 Å². The van der Waals surface area contributed by atoms with Crippen molar-refractivity contribution in [3.63, 3.8) is 0 Å². The summed E-state index contributed by atoms with van der Waals surface area (Å²) in [5, 5.41) is 13.0. The summed E-state index contributed by atoms with van der Waals surface area (Å²) in [6.07, 6.45) is 14.8. The maximum Gasteiger partial charge on any atom is 0.307 e. The minimum absolute atomic E-state index is 0.177. The number of carboxylic acid groups (broad SMARTS) is 1. The van der Waals surface area contributed by atoms with Gasteiger partial charge in [-0.15, -0.1) is 0 Å². The molecule has 0 radical (unpaired) electrons. The molecule has 0 spiro atoms. The molecule has 2 aliphatic heterocycles. The molecular formula is C23H25N3O3. The summed E-state index contributed by atoms with van der Waals surface area (Å²) < 4.78 is 6.22. The third-order valence-corrected chi connectivity index (χ3v) is 6.24. The number of hydrogen-bond acceptors (Lipinski definition) is 5. The second-order valence-corrected chi connectivity index (χ2v) is 8.17. The first-order valence-corrected chi connectivity index (χ1v) is 10.4. The van der Waals surface area contributed by atoms with Gasteiger partial charge in [0.15, 0.2) is 5.60 Å². The van der Waals surface area contributed by atoms with Crippen LogP contribution in [0.4, 0.5) is 5.69 Å². The molecule has 0 aromatic heterocycles. The van der Waals surface area contributed by atoms with Gasteiger partial charge in [0.2, 0.25) is 0 Å². The number of aliphatic carboxylic acids is 1. The molecule has 5 rings (SSSR count). The van der Waals surface area contributed by atoms with Gasteiger partial charge in [-0.25, -0.2) is 4.99 Å². The highest BCUT2D eigenvalue weighted by atomic mass is 16.5. The molecule has 29 heavy (non-hydrogen) atoms. The molecule has 0 saturated heterocycles. The topological polar surface area (TPSA) is 83.3 Å². The Labute approximate surface area is 170 Å². The van der Waals surface area contributed by atoms with Gasteiger partial charge < -0.3 is 15.2 Å². The van der Waals surface area contributed by atoms with E-state index in [4.69, 9.17) is 4.74 Å².